The lowest BCUT2D eigenvalue weighted by atomic mass is 9.64. The number of hydrogen-bond donors (Lipinski definition) is 2. The van der Waals surface area contributed by atoms with Crippen LogP contribution in [0.3, 0.4) is 0 Å². The fourth-order valence-electron chi connectivity index (χ4n) is 5.68. The normalized spacial score (nSPS) is 16.2. The van der Waals surface area contributed by atoms with E-state index < -0.39 is 11.4 Å². The molecule has 1 atom stereocenters. The highest BCUT2D eigenvalue weighted by Crippen LogP contribution is 2.55. The quantitative estimate of drug-likeness (QED) is 0.192. The minimum absolute atomic E-state index is 0.0580. The maximum absolute atomic E-state index is 14.1. The minimum Gasteiger partial charge on any atom is -0.481 e. The number of rotatable bonds is 13. The van der Waals surface area contributed by atoms with Gasteiger partial charge in [-0.3, -0.25) is 9.59 Å². The van der Waals surface area contributed by atoms with Crippen molar-refractivity contribution < 1.29 is 14.7 Å². The lowest BCUT2D eigenvalue weighted by molar-refractivity contribution is -0.137. The highest BCUT2D eigenvalue weighted by Gasteiger charge is 2.54. The fraction of sp³-hybridized carbons (Fsp3) is 0.382. The maximum atomic E-state index is 14.1. The van der Waals surface area contributed by atoms with Crippen molar-refractivity contribution in [2.24, 2.45) is 16.6 Å². The van der Waals surface area contributed by atoms with Gasteiger partial charge in [0.25, 0.3) is 0 Å². The maximum Gasteiger partial charge on any atom is 0.303 e. The summed E-state index contributed by atoms with van der Waals surface area (Å²) in [5, 5.41) is 9.76. The number of carboxylic acid groups (broad SMARTS) is 1. The molecule has 5 nitrogen and oxygen atoms in total. The number of allylic oxidation sites excluding steroid dienone is 4. The molecule has 1 fully saturated rings. The molecule has 1 unspecified atom stereocenters. The molecule has 0 aliphatic heterocycles. The first-order chi connectivity index (χ1) is 19.0. The van der Waals surface area contributed by atoms with Crippen LogP contribution in [-0.2, 0) is 21.4 Å². The number of carbonyl (C=O) groups excluding carboxylic acids is 1. The number of ketones is 1. The van der Waals surface area contributed by atoms with Gasteiger partial charge in [0.05, 0.1) is 5.41 Å². The Labute approximate surface area is 243 Å². The highest BCUT2D eigenvalue weighted by molar-refractivity contribution is 6.31. The van der Waals surface area contributed by atoms with Crippen LogP contribution in [0.25, 0.3) is 5.57 Å². The first kappa shape index (κ1) is 31.1. The topological polar surface area (TPSA) is 92.8 Å². The molecule has 1 aliphatic carbocycles. The molecule has 6 heteroatoms. The third-order valence-electron chi connectivity index (χ3n) is 7.78. The molecule has 0 amide bonds. The molecule has 0 bridgehead atoms. The molecule has 1 aliphatic rings. The number of aliphatic imine (C=N–C) groups is 1. The molecule has 3 rings (SSSR count). The fourth-order valence-corrected chi connectivity index (χ4v) is 5.91. The van der Waals surface area contributed by atoms with Crippen LogP contribution in [-0.4, -0.2) is 22.6 Å². The number of nitrogens with zero attached hydrogens (tertiary/aromatic N) is 1. The number of benzene rings is 2. The molecule has 0 saturated heterocycles. The zero-order chi connectivity index (χ0) is 29.6. The van der Waals surface area contributed by atoms with Crippen molar-refractivity contribution in [2.45, 2.75) is 78.6 Å². The van der Waals surface area contributed by atoms with Crippen LogP contribution in [0.5, 0.6) is 0 Å². The molecule has 0 aromatic heterocycles. The van der Waals surface area contributed by atoms with E-state index >= 15 is 0 Å². The van der Waals surface area contributed by atoms with Gasteiger partial charge < -0.3 is 10.8 Å². The van der Waals surface area contributed by atoms with Crippen molar-refractivity contribution in [3.63, 3.8) is 0 Å². The van der Waals surface area contributed by atoms with Crippen LogP contribution in [0.4, 0.5) is 0 Å². The molecule has 3 N–H and O–H groups in total. The van der Waals surface area contributed by atoms with Crippen molar-refractivity contribution in [3.05, 3.63) is 99.4 Å². The molecule has 2 aromatic carbocycles. The van der Waals surface area contributed by atoms with Gasteiger partial charge in [-0.1, -0.05) is 68.4 Å². The molecular formula is C34H41ClN2O3. The standard InChI is InChI=1S/C34H41ClN2O3/c1-7-9-21(3)32(33(36)37-24(6)23(5)29-18-17-28(35)20-22(29)4)34(27-15-16-27,30(38)8-2)26-13-10-25(11-14-26)12-19-31(39)40/h9-11,13-14,17-18,20,27H,5,7-8,12,15-16,19,36H2,1-4,6H3,(H,39,40)/b21-9+,33-32+,37-24+. The lowest BCUT2D eigenvalue weighted by Crippen LogP contribution is -2.42. The predicted molar refractivity (Wildman–Crippen MR) is 166 cm³/mol. The van der Waals surface area contributed by atoms with E-state index in [2.05, 4.69) is 19.6 Å². The van der Waals surface area contributed by atoms with E-state index in [9.17, 15) is 9.59 Å². The Balaban J connectivity index is 2.24. The second kappa shape index (κ2) is 13.3. The molecule has 212 valence electrons. The number of hydrogen-bond acceptors (Lipinski definition) is 4. The third-order valence-corrected chi connectivity index (χ3v) is 8.02. The summed E-state index contributed by atoms with van der Waals surface area (Å²) >= 11 is 6.17. The van der Waals surface area contributed by atoms with Crippen molar-refractivity contribution in [2.75, 3.05) is 0 Å². The van der Waals surface area contributed by atoms with Crippen LogP contribution in [0.2, 0.25) is 5.02 Å². The van der Waals surface area contributed by atoms with E-state index in [0.717, 1.165) is 58.2 Å². The van der Waals surface area contributed by atoms with Gasteiger partial charge in [0.1, 0.15) is 11.6 Å². The van der Waals surface area contributed by atoms with E-state index in [1.165, 1.54) is 0 Å². The number of Topliss-reactive ketones (excluding diaryl/α,β-unsaturated/α-hetero) is 1. The first-order valence-electron chi connectivity index (χ1n) is 14.0. The van der Waals surface area contributed by atoms with Crippen molar-refractivity contribution in [3.8, 4) is 0 Å². The van der Waals surface area contributed by atoms with Crippen molar-refractivity contribution in [1.29, 1.82) is 0 Å². The Morgan fingerprint density at radius 3 is 2.33 bits per heavy atom. The number of carbonyl (C=O) groups is 2. The van der Waals surface area contributed by atoms with Gasteiger partial charge in [0, 0.05) is 29.1 Å². The Hall–Kier alpha value is -3.44. The van der Waals surface area contributed by atoms with Gasteiger partial charge >= 0.3 is 5.97 Å². The summed E-state index contributed by atoms with van der Waals surface area (Å²) in [7, 11) is 0. The lowest BCUT2D eigenvalue weighted by Gasteiger charge is -2.37. The average Bonchev–Trinajstić information content (AvgIpc) is 3.76. The first-order valence-corrected chi connectivity index (χ1v) is 14.4. The Morgan fingerprint density at radius 2 is 1.80 bits per heavy atom. The highest BCUT2D eigenvalue weighted by atomic mass is 35.5. The third kappa shape index (κ3) is 6.64. The largest absolute Gasteiger partial charge is 0.481 e. The van der Waals surface area contributed by atoms with Gasteiger partial charge in [-0.15, -0.1) is 0 Å². The molecule has 40 heavy (non-hydrogen) atoms. The minimum atomic E-state index is -0.943. The Morgan fingerprint density at radius 1 is 1.15 bits per heavy atom. The van der Waals surface area contributed by atoms with Crippen molar-refractivity contribution >= 4 is 34.6 Å². The Bertz CT molecular complexity index is 1380. The summed E-state index contributed by atoms with van der Waals surface area (Å²) < 4.78 is 0. The number of aliphatic carboxylic acids is 1. The summed E-state index contributed by atoms with van der Waals surface area (Å²) in [6, 6.07) is 13.5. The average molecular weight is 561 g/mol. The monoisotopic (exact) mass is 560 g/mol. The van der Waals surface area contributed by atoms with E-state index in [4.69, 9.17) is 27.4 Å². The molecule has 2 aromatic rings. The second-order valence-electron chi connectivity index (χ2n) is 10.6. The second-order valence-corrected chi connectivity index (χ2v) is 11.1. The number of halogens is 1. The summed E-state index contributed by atoms with van der Waals surface area (Å²) in [5.41, 5.74) is 12.8. The molecular weight excluding hydrogens is 520 g/mol. The molecule has 0 radical (unpaired) electrons. The van der Waals surface area contributed by atoms with Gasteiger partial charge in [-0.25, -0.2) is 4.99 Å². The summed E-state index contributed by atoms with van der Waals surface area (Å²) in [5.74, 6) is -0.304. The summed E-state index contributed by atoms with van der Waals surface area (Å²) in [6.07, 6.45) is 5.58. The summed E-state index contributed by atoms with van der Waals surface area (Å²) in [6.45, 7) is 14.1. The Kier molecular flexibility index (Phi) is 10.3. The SMILES string of the molecule is C=C(/C(C)=N/C(N)=C(\C(C)=C\CC)C(C(=O)CC)(c1ccc(CCC(=O)O)cc1)C1CC1)c1ccc(Cl)cc1C. The smallest absolute Gasteiger partial charge is 0.303 e. The van der Waals surface area contributed by atoms with Crippen LogP contribution in [0.15, 0.2) is 77.1 Å². The number of nitrogens with two attached hydrogens (primary N) is 1. The molecule has 1 saturated carbocycles. The van der Waals surface area contributed by atoms with Crippen LogP contribution in [0, 0.1) is 12.8 Å². The van der Waals surface area contributed by atoms with Crippen LogP contribution >= 0.6 is 11.6 Å². The number of aryl methyl sites for hydroxylation is 2. The van der Waals surface area contributed by atoms with E-state index in [-0.39, 0.29) is 18.1 Å². The van der Waals surface area contributed by atoms with E-state index in [0.29, 0.717) is 29.4 Å². The van der Waals surface area contributed by atoms with E-state index in [1.54, 1.807) is 0 Å². The van der Waals surface area contributed by atoms with Gasteiger partial charge in [-0.2, -0.15) is 0 Å². The van der Waals surface area contributed by atoms with Crippen LogP contribution < -0.4 is 5.73 Å². The zero-order valence-corrected chi connectivity index (χ0v) is 25.1. The number of carboxylic acids is 1. The zero-order valence-electron chi connectivity index (χ0n) is 24.3. The predicted octanol–water partition coefficient (Wildman–Crippen LogP) is 7.99. The van der Waals surface area contributed by atoms with Crippen molar-refractivity contribution in [1.82, 2.24) is 0 Å². The van der Waals surface area contributed by atoms with Gasteiger partial charge in [-0.05, 0) is 97.9 Å². The van der Waals surface area contributed by atoms with E-state index in [1.807, 2.05) is 70.2 Å². The molecule has 0 spiro atoms. The summed E-state index contributed by atoms with van der Waals surface area (Å²) in [4.78, 5) is 30.1. The van der Waals surface area contributed by atoms with Gasteiger partial charge in [0.2, 0.25) is 0 Å². The van der Waals surface area contributed by atoms with Gasteiger partial charge in [0.15, 0.2) is 0 Å². The van der Waals surface area contributed by atoms with Crippen LogP contribution in [0.1, 0.15) is 82.1 Å². The molecule has 0 heterocycles.